The van der Waals surface area contributed by atoms with Gasteiger partial charge in [-0.05, 0) is 18.9 Å². The van der Waals surface area contributed by atoms with Crippen molar-refractivity contribution in [2.75, 3.05) is 13.2 Å². The van der Waals surface area contributed by atoms with E-state index in [4.69, 9.17) is 20.0 Å². The molecule has 0 N–H and O–H groups in total. The monoisotopic (exact) mass is 232 g/mol. The lowest BCUT2D eigenvalue weighted by atomic mass is 10.3. The lowest BCUT2D eigenvalue weighted by molar-refractivity contribution is 0.202. The van der Waals surface area contributed by atoms with E-state index in [9.17, 15) is 0 Å². The zero-order chi connectivity index (χ0) is 12.3. The largest absolute Gasteiger partial charge is 0.497 e. The van der Waals surface area contributed by atoms with Gasteiger partial charge in [0, 0.05) is 25.3 Å². The number of hydrogen-bond donors (Lipinski definition) is 0. The van der Waals surface area contributed by atoms with Gasteiger partial charge in [-0.3, -0.25) is 0 Å². The van der Waals surface area contributed by atoms with Crippen LogP contribution < -0.4 is 0 Å². The van der Waals surface area contributed by atoms with E-state index in [-0.39, 0.29) is 0 Å². The molecular weight excluding hydrogens is 216 g/mol. The number of unbranched alkanes of at least 4 members (excludes halogenated alkanes) is 2. The lowest BCUT2D eigenvalue weighted by Gasteiger charge is -2.04. The van der Waals surface area contributed by atoms with Crippen LogP contribution in [0, 0.1) is 22.7 Å². The molecule has 0 radical (unpaired) electrons. The highest BCUT2D eigenvalue weighted by Gasteiger charge is 2.08. The van der Waals surface area contributed by atoms with Crippen molar-refractivity contribution in [2.45, 2.75) is 32.1 Å². The summed E-state index contributed by atoms with van der Waals surface area (Å²) in [6.45, 7) is 1.15. The second kappa shape index (κ2) is 8.24. The van der Waals surface area contributed by atoms with Crippen LogP contribution in [0.3, 0.4) is 0 Å². The maximum Gasteiger partial charge on any atom is 0.119 e. The Morgan fingerprint density at radius 2 is 1.71 bits per heavy atom. The minimum Gasteiger partial charge on any atom is -0.497 e. The first-order valence-corrected chi connectivity index (χ1v) is 5.77. The molecule has 0 heterocycles. The maximum absolute atomic E-state index is 8.37. The predicted molar refractivity (Wildman–Crippen MR) is 62.4 cm³/mol. The molecule has 0 atom stereocenters. The summed E-state index contributed by atoms with van der Waals surface area (Å²) < 4.78 is 11.0. The van der Waals surface area contributed by atoms with Crippen LogP contribution in [-0.4, -0.2) is 13.2 Å². The van der Waals surface area contributed by atoms with Crippen LogP contribution in [0.4, 0.5) is 0 Å². The van der Waals surface area contributed by atoms with Gasteiger partial charge in [0.1, 0.15) is 11.5 Å². The highest BCUT2D eigenvalue weighted by Crippen LogP contribution is 2.19. The van der Waals surface area contributed by atoms with E-state index in [1.165, 1.54) is 0 Å². The van der Waals surface area contributed by atoms with E-state index in [0.29, 0.717) is 26.1 Å². The van der Waals surface area contributed by atoms with Crippen molar-refractivity contribution in [1.29, 1.82) is 10.5 Å². The molecule has 0 aromatic carbocycles. The molecule has 0 aromatic rings. The molecule has 0 fully saturated rings. The molecule has 0 aliphatic heterocycles. The van der Waals surface area contributed by atoms with Crippen molar-refractivity contribution in [3.8, 4) is 12.1 Å². The fraction of sp³-hybridized carbons (Fsp3) is 0.538. The fourth-order valence-electron chi connectivity index (χ4n) is 1.37. The number of nitriles is 2. The molecule has 0 bridgehead atoms. The van der Waals surface area contributed by atoms with Crippen molar-refractivity contribution < 1.29 is 9.47 Å². The van der Waals surface area contributed by atoms with E-state index in [1.807, 2.05) is 12.2 Å². The Hall–Kier alpha value is -1.94. The van der Waals surface area contributed by atoms with Gasteiger partial charge in [0.05, 0.1) is 25.4 Å². The Balaban J connectivity index is 2.12. The standard InChI is InChI=1S/C13H16N2O2/c14-7-1-3-9-16-12-5-6-13(11-12)17-10-4-2-8-15/h5,11H,1-4,6,9-10H2. The van der Waals surface area contributed by atoms with Gasteiger partial charge in [-0.25, -0.2) is 0 Å². The molecule has 0 saturated carbocycles. The molecule has 4 nitrogen and oxygen atoms in total. The Morgan fingerprint density at radius 1 is 1.06 bits per heavy atom. The van der Waals surface area contributed by atoms with E-state index in [0.717, 1.165) is 30.8 Å². The maximum atomic E-state index is 8.37. The molecule has 0 unspecified atom stereocenters. The predicted octanol–water partition coefficient (Wildman–Crippen LogP) is 2.80. The third-order valence-corrected chi connectivity index (χ3v) is 2.23. The van der Waals surface area contributed by atoms with E-state index >= 15 is 0 Å². The second-order valence-corrected chi connectivity index (χ2v) is 3.64. The summed E-state index contributed by atoms with van der Waals surface area (Å²) in [4.78, 5) is 0. The van der Waals surface area contributed by atoms with E-state index in [2.05, 4.69) is 12.1 Å². The van der Waals surface area contributed by atoms with Gasteiger partial charge in [-0.1, -0.05) is 0 Å². The molecule has 1 rings (SSSR count). The summed E-state index contributed by atoms with van der Waals surface area (Å²) >= 11 is 0. The third kappa shape index (κ3) is 5.63. The lowest BCUT2D eigenvalue weighted by Crippen LogP contribution is -1.93. The number of allylic oxidation sites excluding steroid dienone is 2. The van der Waals surface area contributed by atoms with Gasteiger partial charge in [-0.2, -0.15) is 10.5 Å². The summed E-state index contributed by atoms with van der Waals surface area (Å²) in [7, 11) is 0. The number of hydrogen-bond acceptors (Lipinski definition) is 4. The first-order valence-electron chi connectivity index (χ1n) is 5.77. The minimum atomic E-state index is 0.522. The van der Waals surface area contributed by atoms with Crippen molar-refractivity contribution in [1.82, 2.24) is 0 Å². The average molecular weight is 232 g/mol. The topological polar surface area (TPSA) is 66.0 Å². The Bertz CT molecular complexity index is 372. The molecule has 1 aliphatic carbocycles. The van der Waals surface area contributed by atoms with Gasteiger partial charge >= 0.3 is 0 Å². The minimum absolute atomic E-state index is 0.522. The molecule has 90 valence electrons. The fourth-order valence-corrected chi connectivity index (χ4v) is 1.37. The van der Waals surface area contributed by atoms with Crippen molar-refractivity contribution in [3.05, 3.63) is 23.7 Å². The molecular formula is C13H16N2O2. The molecule has 1 aliphatic rings. The first-order chi connectivity index (χ1) is 8.36. The summed E-state index contributed by atoms with van der Waals surface area (Å²) in [6, 6.07) is 4.15. The zero-order valence-electron chi connectivity index (χ0n) is 9.82. The molecule has 0 amide bonds. The SMILES string of the molecule is N#CCCCOC1=CCC(OCCCC#N)=C1. The van der Waals surface area contributed by atoms with Gasteiger partial charge in [0.25, 0.3) is 0 Å². The van der Waals surface area contributed by atoms with Crippen LogP contribution in [0.1, 0.15) is 32.1 Å². The van der Waals surface area contributed by atoms with Gasteiger partial charge in [0.2, 0.25) is 0 Å². The van der Waals surface area contributed by atoms with Crippen LogP contribution in [0.15, 0.2) is 23.7 Å². The summed E-state index contributed by atoms with van der Waals surface area (Å²) in [5.41, 5.74) is 0. The van der Waals surface area contributed by atoms with Crippen molar-refractivity contribution in [3.63, 3.8) is 0 Å². The van der Waals surface area contributed by atoms with E-state index in [1.54, 1.807) is 0 Å². The summed E-state index contributed by atoms with van der Waals surface area (Å²) in [6.07, 6.45) is 7.14. The van der Waals surface area contributed by atoms with E-state index < -0.39 is 0 Å². The van der Waals surface area contributed by atoms with Gasteiger partial charge < -0.3 is 9.47 Å². The Kier molecular flexibility index (Phi) is 6.36. The molecule has 0 spiro atoms. The second-order valence-electron chi connectivity index (χ2n) is 3.64. The number of nitrogens with zero attached hydrogens (tertiary/aromatic N) is 2. The Morgan fingerprint density at radius 3 is 2.35 bits per heavy atom. The van der Waals surface area contributed by atoms with Gasteiger partial charge in [0.15, 0.2) is 0 Å². The first kappa shape index (κ1) is 13.1. The summed E-state index contributed by atoms with van der Waals surface area (Å²) in [5, 5.41) is 16.7. The van der Waals surface area contributed by atoms with Crippen LogP contribution in [0.5, 0.6) is 0 Å². The quantitative estimate of drug-likeness (QED) is 0.603. The van der Waals surface area contributed by atoms with Crippen molar-refractivity contribution >= 4 is 0 Å². The van der Waals surface area contributed by atoms with Crippen LogP contribution in [-0.2, 0) is 9.47 Å². The zero-order valence-corrected chi connectivity index (χ0v) is 9.82. The number of rotatable bonds is 8. The molecule has 0 saturated heterocycles. The highest BCUT2D eigenvalue weighted by atomic mass is 16.5. The number of ether oxygens (including phenoxy) is 2. The molecule has 0 aromatic heterocycles. The third-order valence-electron chi connectivity index (χ3n) is 2.23. The van der Waals surface area contributed by atoms with Crippen molar-refractivity contribution in [2.24, 2.45) is 0 Å². The average Bonchev–Trinajstić information content (AvgIpc) is 2.78. The normalized spacial score (nSPS) is 13.3. The summed E-state index contributed by atoms with van der Waals surface area (Å²) in [5.74, 6) is 1.71. The van der Waals surface area contributed by atoms with Gasteiger partial charge in [-0.15, -0.1) is 0 Å². The van der Waals surface area contributed by atoms with Crippen LogP contribution in [0.25, 0.3) is 0 Å². The smallest absolute Gasteiger partial charge is 0.119 e. The molecule has 4 heteroatoms. The Labute approximate surface area is 102 Å². The van der Waals surface area contributed by atoms with Crippen LogP contribution in [0.2, 0.25) is 0 Å². The highest BCUT2D eigenvalue weighted by molar-refractivity contribution is 5.25. The van der Waals surface area contributed by atoms with Crippen LogP contribution >= 0.6 is 0 Å². The molecule has 17 heavy (non-hydrogen) atoms.